The lowest BCUT2D eigenvalue weighted by Crippen LogP contribution is -1.76. The quantitative estimate of drug-likeness (QED) is 0.589. The van der Waals surface area contributed by atoms with Crippen LogP contribution < -0.4 is 0 Å². The van der Waals surface area contributed by atoms with E-state index in [1.165, 1.54) is 24.0 Å². The second kappa shape index (κ2) is 3.80. The van der Waals surface area contributed by atoms with E-state index in [0.29, 0.717) is 0 Å². The highest BCUT2D eigenvalue weighted by molar-refractivity contribution is 6.30. The van der Waals surface area contributed by atoms with E-state index in [1.807, 2.05) is 24.3 Å². The molecule has 13 heavy (non-hydrogen) atoms. The third-order valence-electron chi connectivity index (χ3n) is 2.13. The molecule has 0 heterocycles. The Morgan fingerprint density at radius 2 is 2.08 bits per heavy atom. The van der Waals surface area contributed by atoms with Crippen LogP contribution in [-0.4, -0.2) is 0 Å². The number of allylic oxidation sites excluding steroid dienone is 1. The molecular weight excluding hydrogens is 180 g/mol. The first-order valence-corrected chi connectivity index (χ1v) is 4.86. The first-order chi connectivity index (χ1) is 6.34. The van der Waals surface area contributed by atoms with Crippen LogP contribution >= 0.6 is 11.6 Å². The van der Waals surface area contributed by atoms with Crippen molar-refractivity contribution in [2.24, 2.45) is 0 Å². The zero-order valence-electron chi connectivity index (χ0n) is 7.33. The molecule has 1 aliphatic rings. The van der Waals surface area contributed by atoms with Gasteiger partial charge in [0, 0.05) is 5.02 Å². The fraction of sp³-hybridized carbons (Fsp3) is 0.167. The van der Waals surface area contributed by atoms with Crippen molar-refractivity contribution >= 4 is 17.7 Å². The van der Waals surface area contributed by atoms with Crippen LogP contribution in [0.25, 0.3) is 6.08 Å². The molecular formula is C12H11Cl. The van der Waals surface area contributed by atoms with E-state index in [2.05, 4.69) is 18.9 Å². The van der Waals surface area contributed by atoms with Gasteiger partial charge in [0.2, 0.25) is 0 Å². The van der Waals surface area contributed by atoms with Crippen molar-refractivity contribution in [3.63, 3.8) is 0 Å². The van der Waals surface area contributed by atoms with E-state index in [0.717, 1.165) is 5.02 Å². The van der Waals surface area contributed by atoms with Gasteiger partial charge in [-0.15, -0.1) is 0 Å². The van der Waals surface area contributed by atoms with Gasteiger partial charge in [0.25, 0.3) is 0 Å². The fourth-order valence-corrected chi connectivity index (χ4v) is 1.58. The Morgan fingerprint density at radius 3 is 2.69 bits per heavy atom. The Kier molecular flexibility index (Phi) is 2.51. The molecule has 0 unspecified atom stereocenters. The molecule has 1 aliphatic carbocycles. The molecule has 1 saturated carbocycles. The average Bonchev–Trinajstić information content (AvgIpc) is 2.62. The molecule has 0 spiro atoms. The van der Waals surface area contributed by atoms with Crippen molar-refractivity contribution in [1.29, 1.82) is 0 Å². The molecule has 1 heteroatoms. The lowest BCUT2D eigenvalue weighted by atomic mass is 10.1. The van der Waals surface area contributed by atoms with Crippen molar-refractivity contribution in [3.05, 3.63) is 53.3 Å². The van der Waals surface area contributed by atoms with Gasteiger partial charge in [-0.1, -0.05) is 36.6 Å². The minimum Gasteiger partial charge on any atom is -0.0843 e. The molecule has 0 radical (unpaired) electrons. The van der Waals surface area contributed by atoms with Crippen LogP contribution in [0.2, 0.25) is 5.02 Å². The van der Waals surface area contributed by atoms with Crippen LogP contribution in [0.4, 0.5) is 0 Å². The maximum Gasteiger partial charge on any atom is 0.0406 e. The number of halogens is 1. The molecule has 1 aromatic rings. The summed E-state index contributed by atoms with van der Waals surface area (Å²) in [7, 11) is 0. The number of hydrogen-bond acceptors (Lipinski definition) is 0. The number of rotatable bonds is 1. The van der Waals surface area contributed by atoms with Gasteiger partial charge in [-0.25, -0.2) is 0 Å². The van der Waals surface area contributed by atoms with Gasteiger partial charge < -0.3 is 0 Å². The highest BCUT2D eigenvalue weighted by atomic mass is 35.5. The van der Waals surface area contributed by atoms with Crippen LogP contribution in [0.15, 0.2) is 29.8 Å². The molecule has 0 bridgehead atoms. The fourth-order valence-electron chi connectivity index (χ4n) is 1.45. The zero-order valence-corrected chi connectivity index (χ0v) is 8.09. The smallest absolute Gasteiger partial charge is 0.0406 e. The molecule has 0 saturated heterocycles. The average molecular weight is 191 g/mol. The lowest BCUT2D eigenvalue weighted by molar-refractivity contribution is 1.05. The molecule has 2 rings (SSSR count). The molecule has 0 aliphatic heterocycles. The zero-order chi connectivity index (χ0) is 9.10. The van der Waals surface area contributed by atoms with Crippen molar-refractivity contribution in [3.8, 4) is 0 Å². The highest BCUT2D eigenvalue weighted by Gasteiger charge is 2.05. The van der Waals surface area contributed by atoms with E-state index in [-0.39, 0.29) is 0 Å². The summed E-state index contributed by atoms with van der Waals surface area (Å²) in [5.74, 6) is 0. The van der Waals surface area contributed by atoms with Gasteiger partial charge in [0.1, 0.15) is 0 Å². The van der Waals surface area contributed by atoms with Crippen molar-refractivity contribution in [2.45, 2.75) is 12.8 Å². The summed E-state index contributed by atoms with van der Waals surface area (Å²) in [4.78, 5) is 0. The predicted octanol–water partition coefficient (Wildman–Crippen LogP) is 3.93. The SMILES string of the molecule is Clc1ccc(C=C2[CH+]CC[CH-]2)cc1. The predicted molar refractivity (Wildman–Crippen MR) is 57.3 cm³/mol. The largest absolute Gasteiger partial charge is 0.0843 e. The van der Waals surface area contributed by atoms with Crippen LogP contribution in [0.3, 0.4) is 0 Å². The van der Waals surface area contributed by atoms with Gasteiger partial charge in [0.15, 0.2) is 0 Å². The normalized spacial score (nSPS) is 15.0. The van der Waals surface area contributed by atoms with Crippen LogP contribution in [0.5, 0.6) is 0 Å². The van der Waals surface area contributed by atoms with Crippen LogP contribution in [0, 0.1) is 12.8 Å². The minimum atomic E-state index is 0.793. The highest BCUT2D eigenvalue weighted by Crippen LogP contribution is 2.24. The topological polar surface area (TPSA) is 0 Å². The van der Waals surface area contributed by atoms with E-state index in [9.17, 15) is 0 Å². The Hall–Kier alpha value is -1.01. The second-order valence-corrected chi connectivity index (χ2v) is 3.62. The summed E-state index contributed by atoms with van der Waals surface area (Å²) < 4.78 is 0. The summed E-state index contributed by atoms with van der Waals surface area (Å²) in [6, 6.07) is 7.91. The molecule has 1 aromatic carbocycles. The van der Waals surface area contributed by atoms with Gasteiger partial charge in [-0.05, 0) is 42.2 Å². The summed E-state index contributed by atoms with van der Waals surface area (Å²) >= 11 is 5.79. The van der Waals surface area contributed by atoms with Crippen LogP contribution in [0.1, 0.15) is 18.4 Å². The first kappa shape index (κ1) is 8.58. The Labute approximate surface area is 84.2 Å². The number of hydrogen-bond donors (Lipinski definition) is 0. The van der Waals surface area contributed by atoms with Crippen molar-refractivity contribution in [1.82, 2.24) is 0 Å². The van der Waals surface area contributed by atoms with E-state index in [4.69, 9.17) is 11.6 Å². The van der Waals surface area contributed by atoms with Crippen molar-refractivity contribution in [2.75, 3.05) is 0 Å². The van der Waals surface area contributed by atoms with Crippen LogP contribution in [-0.2, 0) is 0 Å². The van der Waals surface area contributed by atoms with E-state index in [1.54, 1.807) is 0 Å². The Bertz CT molecular complexity index is 300. The molecule has 0 N–H and O–H groups in total. The summed E-state index contributed by atoms with van der Waals surface area (Å²) in [6.45, 7) is 0. The Morgan fingerprint density at radius 1 is 1.31 bits per heavy atom. The summed E-state index contributed by atoms with van der Waals surface area (Å²) in [6.07, 6.45) is 9.06. The third kappa shape index (κ3) is 2.22. The standard InChI is InChI=1S/C12H11Cl/c13-12-7-5-11(6-8-12)9-10-3-1-2-4-10/h3-9H,1-2H2. The van der Waals surface area contributed by atoms with E-state index < -0.39 is 0 Å². The monoisotopic (exact) mass is 190 g/mol. The van der Waals surface area contributed by atoms with Crippen molar-refractivity contribution < 1.29 is 0 Å². The lowest BCUT2D eigenvalue weighted by Gasteiger charge is -1.96. The number of benzene rings is 1. The maximum atomic E-state index is 5.79. The third-order valence-corrected chi connectivity index (χ3v) is 2.38. The van der Waals surface area contributed by atoms with Gasteiger partial charge in [0.05, 0.1) is 0 Å². The van der Waals surface area contributed by atoms with E-state index >= 15 is 0 Å². The molecule has 1 fully saturated rings. The summed E-state index contributed by atoms with van der Waals surface area (Å²) in [5.41, 5.74) is 2.55. The minimum absolute atomic E-state index is 0.793. The molecule has 0 nitrogen and oxygen atoms in total. The second-order valence-electron chi connectivity index (χ2n) is 3.18. The molecule has 0 aromatic heterocycles. The Balaban J connectivity index is 2.17. The van der Waals surface area contributed by atoms with Gasteiger partial charge in [-0.3, -0.25) is 0 Å². The first-order valence-electron chi connectivity index (χ1n) is 4.48. The maximum absolute atomic E-state index is 5.79. The molecule has 0 atom stereocenters. The summed E-state index contributed by atoms with van der Waals surface area (Å²) in [5, 5.41) is 0.793. The van der Waals surface area contributed by atoms with Gasteiger partial charge in [-0.2, -0.15) is 0 Å². The molecule has 0 amide bonds. The molecule has 66 valence electrons. The van der Waals surface area contributed by atoms with Gasteiger partial charge >= 0.3 is 0 Å².